The lowest BCUT2D eigenvalue weighted by atomic mass is 9.81. The summed E-state index contributed by atoms with van der Waals surface area (Å²) in [5, 5.41) is 20.7. The summed E-state index contributed by atoms with van der Waals surface area (Å²) in [6, 6.07) is 5.11. The molecule has 1 aliphatic heterocycles. The number of halogens is 2. The molecular formula is C26H30F2N4O2. The Balaban J connectivity index is 1.61. The molecule has 3 aromatic rings. The number of amides is 2. The third-order valence-electron chi connectivity index (χ3n) is 7.25. The van der Waals surface area contributed by atoms with Gasteiger partial charge in [-0.2, -0.15) is 0 Å². The Morgan fingerprint density at radius 3 is 2.65 bits per heavy atom. The number of para-hydroxylation sites is 1. The number of aliphatic hydroxyl groups excluding tert-OH is 1. The zero-order valence-corrected chi connectivity index (χ0v) is 19.6. The second-order valence-electron chi connectivity index (χ2n) is 10.1. The number of anilines is 1. The lowest BCUT2D eigenvalue weighted by molar-refractivity contribution is 0.0702. The molecule has 6 nitrogen and oxygen atoms in total. The number of aromatic nitrogens is 1. The fourth-order valence-electron chi connectivity index (χ4n) is 5.38. The minimum Gasteiger partial charge on any atom is -0.388 e. The van der Waals surface area contributed by atoms with Crippen molar-refractivity contribution in [2.45, 2.75) is 70.2 Å². The van der Waals surface area contributed by atoms with E-state index in [1.807, 2.05) is 13.0 Å². The average Bonchev–Trinajstić information content (AvgIpc) is 3.41. The summed E-state index contributed by atoms with van der Waals surface area (Å²) < 4.78 is 31.6. The van der Waals surface area contributed by atoms with Crippen LogP contribution in [-0.2, 0) is 0 Å². The molecule has 0 spiro atoms. The van der Waals surface area contributed by atoms with Gasteiger partial charge in [0.25, 0.3) is 0 Å². The fourth-order valence-corrected chi connectivity index (χ4v) is 5.38. The number of aryl methyl sites for hydroxylation is 1. The predicted molar refractivity (Wildman–Crippen MR) is 129 cm³/mol. The number of nitrogens with one attached hydrogen (secondary N) is 4. The summed E-state index contributed by atoms with van der Waals surface area (Å²) >= 11 is 0. The van der Waals surface area contributed by atoms with E-state index in [-0.39, 0.29) is 22.9 Å². The largest absolute Gasteiger partial charge is 0.388 e. The number of aromatic amines is 1. The summed E-state index contributed by atoms with van der Waals surface area (Å²) in [6.07, 6.45) is 4.55. The molecule has 0 saturated heterocycles. The third-order valence-corrected chi connectivity index (χ3v) is 7.25. The van der Waals surface area contributed by atoms with E-state index in [2.05, 4.69) is 20.9 Å². The lowest BCUT2D eigenvalue weighted by Crippen LogP contribution is -2.56. The normalized spacial score (nSPS) is 21.8. The van der Waals surface area contributed by atoms with Gasteiger partial charge in [0, 0.05) is 34.4 Å². The van der Waals surface area contributed by atoms with Gasteiger partial charge in [-0.1, -0.05) is 31.0 Å². The highest BCUT2D eigenvalue weighted by Gasteiger charge is 2.44. The van der Waals surface area contributed by atoms with Crippen LogP contribution in [0.15, 0.2) is 30.5 Å². The van der Waals surface area contributed by atoms with E-state index in [0.717, 1.165) is 36.6 Å². The molecule has 0 radical (unpaired) electrons. The van der Waals surface area contributed by atoms with Crippen molar-refractivity contribution in [3.8, 4) is 11.1 Å². The maximum Gasteiger partial charge on any atom is 0.315 e. The first kappa shape index (κ1) is 22.7. The van der Waals surface area contributed by atoms with Crippen molar-refractivity contribution < 1.29 is 18.7 Å². The summed E-state index contributed by atoms with van der Waals surface area (Å²) in [5.74, 6) is -1.52. The third kappa shape index (κ3) is 3.70. The number of carbonyl (C=O) groups excluding carboxylic acids is 1. The Bertz CT molecular complexity index is 1260. The molecule has 2 amide bonds. The fraction of sp³-hybridized carbons (Fsp3) is 0.423. The number of hydrogen-bond donors (Lipinski definition) is 5. The zero-order valence-electron chi connectivity index (χ0n) is 19.6. The van der Waals surface area contributed by atoms with Crippen LogP contribution in [0.4, 0.5) is 19.3 Å². The molecule has 0 unspecified atom stereocenters. The van der Waals surface area contributed by atoms with Gasteiger partial charge in [0.05, 0.1) is 22.7 Å². The number of benzene rings is 2. The highest BCUT2D eigenvalue weighted by molar-refractivity contribution is 5.96. The van der Waals surface area contributed by atoms with Gasteiger partial charge in [-0.05, 0) is 45.2 Å². The maximum absolute atomic E-state index is 16.2. The molecule has 180 valence electrons. The molecule has 1 saturated carbocycles. The van der Waals surface area contributed by atoms with E-state index in [4.69, 9.17) is 0 Å². The number of carbonyl (C=O) groups is 1. The van der Waals surface area contributed by atoms with Crippen molar-refractivity contribution in [3.05, 3.63) is 53.2 Å². The van der Waals surface area contributed by atoms with E-state index in [1.165, 1.54) is 6.07 Å². The standard InChI is InChI=1S/C26H30F2N4O2/c1-13-12-29-22-15(13)9-6-10-16(22)19-17(27)11-18-20(21(19)28)23(24(33)26(2,3)32-18)31-25(34)30-14-7-4-5-8-14/h6,9-12,14,23-24,29,32-33H,4-5,7-8H2,1-3H3,(H2,30,31,34)/t23-,24+/m0/s1. The van der Waals surface area contributed by atoms with Gasteiger partial charge in [0.1, 0.15) is 17.7 Å². The topological polar surface area (TPSA) is 89.2 Å². The molecule has 2 heterocycles. The SMILES string of the molecule is Cc1c[nH]c2c(-c3c(F)cc4c(c3F)[C@H](NC(=O)NC3CCCC3)[C@@H](O)C(C)(C)N4)cccc12. The van der Waals surface area contributed by atoms with Crippen molar-refractivity contribution in [1.82, 2.24) is 15.6 Å². The Kier molecular flexibility index (Phi) is 5.51. The van der Waals surface area contributed by atoms with Crippen molar-refractivity contribution in [2.75, 3.05) is 5.32 Å². The second-order valence-corrected chi connectivity index (χ2v) is 10.1. The van der Waals surface area contributed by atoms with Gasteiger partial charge < -0.3 is 26.0 Å². The minimum absolute atomic E-state index is 0.0464. The highest BCUT2D eigenvalue weighted by Crippen LogP contribution is 2.44. The predicted octanol–water partition coefficient (Wildman–Crippen LogP) is 5.27. The van der Waals surface area contributed by atoms with E-state index in [9.17, 15) is 9.90 Å². The molecule has 34 heavy (non-hydrogen) atoms. The van der Waals surface area contributed by atoms with Gasteiger partial charge in [-0.15, -0.1) is 0 Å². The van der Waals surface area contributed by atoms with Gasteiger partial charge in [-0.3, -0.25) is 0 Å². The highest BCUT2D eigenvalue weighted by atomic mass is 19.1. The number of aliphatic hydroxyl groups is 1. The summed E-state index contributed by atoms with van der Waals surface area (Å²) in [4.78, 5) is 15.9. The van der Waals surface area contributed by atoms with Crippen molar-refractivity contribution in [3.63, 3.8) is 0 Å². The van der Waals surface area contributed by atoms with Gasteiger partial charge in [0.15, 0.2) is 0 Å². The first-order chi connectivity index (χ1) is 16.2. The van der Waals surface area contributed by atoms with Gasteiger partial charge in [-0.25, -0.2) is 13.6 Å². The Morgan fingerprint density at radius 2 is 1.91 bits per heavy atom. The number of rotatable bonds is 3. The molecule has 8 heteroatoms. The van der Waals surface area contributed by atoms with E-state index in [0.29, 0.717) is 11.1 Å². The number of fused-ring (bicyclic) bond motifs is 2. The van der Waals surface area contributed by atoms with Crippen LogP contribution in [0.25, 0.3) is 22.0 Å². The number of H-pyrrole nitrogens is 1. The molecular weight excluding hydrogens is 438 g/mol. The summed E-state index contributed by atoms with van der Waals surface area (Å²) in [6.45, 7) is 5.39. The van der Waals surface area contributed by atoms with Crippen LogP contribution in [0, 0.1) is 18.6 Å². The maximum atomic E-state index is 16.2. The minimum atomic E-state index is -1.15. The van der Waals surface area contributed by atoms with Crippen LogP contribution in [0.3, 0.4) is 0 Å². The first-order valence-electron chi connectivity index (χ1n) is 11.8. The van der Waals surface area contributed by atoms with Crippen LogP contribution in [0.1, 0.15) is 56.7 Å². The van der Waals surface area contributed by atoms with Gasteiger partial charge in [0.2, 0.25) is 0 Å². The van der Waals surface area contributed by atoms with E-state index in [1.54, 1.807) is 32.2 Å². The lowest BCUT2D eigenvalue weighted by Gasteiger charge is -2.44. The smallest absolute Gasteiger partial charge is 0.315 e. The zero-order chi connectivity index (χ0) is 24.2. The molecule has 1 fully saturated rings. The molecule has 5 rings (SSSR count). The van der Waals surface area contributed by atoms with Crippen molar-refractivity contribution in [1.29, 1.82) is 0 Å². The molecule has 1 aliphatic carbocycles. The Hall–Kier alpha value is -3.13. The molecule has 0 bridgehead atoms. The summed E-state index contributed by atoms with van der Waals surface area (Å²) in [5.41, 5.74) is 1.14. The quantitative estimate of drug-likeness (QED) is 0.363. The molecule has 2 atom stereocenters. The molecule has 5 N–H and O–H groups in total. The average molecular weight is 469 g/mol. The molecule has 2 aliphatic rings. The number of urea groups is 1. The molecule has 1 aromatic heterocycles. The van der Waals surface area contributed by atoms with Crippen molar-refractivity contribution in [2.24, 2.45) is 0 Å². The monoisotopic (exact) mass is 468 g/mol. The second kappa shape index (κ2) is 8.27. The Labute approximate surface area is 197 Å². The van der Waals surface area contributed by atoms with E-state index < -0.39 is 35.4 Å². The first-order valence-corrected chi connectivity index (χ1v) is 11.8. The van der Waals surface area contributed by atoms with Crippen molar-refractivity contribution >= 4 is 22.6 Å². The van der Waals surface area contributed by atoms with Crippen LogP contribution in [0.5, 0.6) is 0 Å². The van der Waals surface area contributed by atoms with Crippen LogP contribution in [0.2, 0.25) is 0 Å². The van der Waals surface area contributed by atoms with Crippen LogP contribution >= 0.6 is 0 Å². The van der Waals surface area contributed by atoms with Crippen LogP contribution in [-0.4, -0.2) is 33.8 Å². The number of hydrogen-bond acceptors (Lipinski definition) is 3. The molecule has 2 aromatic carbocycles. The van der Waals surface area contributed by atoms with Crippen LogP contribution < -0.4 is 16.0 Å². The van der Waals surface area contributed by atoms with E-state index >= 15 is 8.78 Å². The van der Waals surface area contributed by atoms with Gasteiger partial charge >= 0.3 is 6.03 Å². The summed E-state index contributed by atoms with van der Waals surface area (Å²) in [7, 11) is 0. The Morgan fingerprint density at radius 1 is 1.18 bits per heavy atom.